The van der Waals surface area contributed by atoms with E-state index in [1.165, 1.54) is 56.9 Å². The van der Waals surface area contributed by atoms with E-state index < -0.39 is 0 Å². The van der Waals surface area contributed by atoms with Gasteiger partial charge in [-0.2, -0.15) is 0 Å². The number of carbonyl (C=O) groups is 2. The van der Waals surface area contributed by atoms with Crippen molar-refractivity contribution >= 4 is 11.8 Å². The first-order valence-electron chi connectivity index (χ1n) is 12.8. The molecular weight excluding hydrogens is 556 g/mol. The summed E-state index contributed by atoms with van der Waals surface area (Å²) in [6.45, 7) is 4.87. The van der Waals surface area contributed by atoms with Gasteiger partial charge >= 0.3 is 5.97 Å². The van der Waals surface area contributed by atoms with Crippen LogP contribution in [0.4, 0.5) is 0 Å². The molecule has 3 nitrogen and oxygen atoms in total. The Kier molecular flexibility index (Phi) is 6.94. The van der Waals surface area contributed by atoms with Crippen LogP contribution in [0.25, 0.3) is 0 Å². The first-order valence-corrected chi connectivity index (χ1v) is 12.8. The average molecular weight is 596 g/mol. The molecule has 0 N–H and O–H groups in total. The van der Waals surface area contributed by atoms with Crippen molar-refractivity contribution in [3.8, 4) is 0 Å². The van der Waals surface area contributed by atoms with E-state index in [9.17, 15) is 9.59 Å². The summed E-state index contributed by atoms with van der Waals surface area (Å²) in [4.78, 5) is 24.7. The quantitative estimate of drug-likeness (QED) is 0.353. The summed E-state index contributed by atoms with van der Waals surface area (Å²) < 4.78 is 6.17. The Morgan fingerprint density at radius 3 is 2.55 bits per heavy atom. The summed E-state index contributed by atoms with van der Waals surface area (Å²) in [7, 11) is 0. The second-order valence-electron chi connectivity index (χ2n) is 11.8. The first kappa shape index (κ1) is 23.7. The summed E-state index contributed by atoms with van der Waals surface area (Å²) in [6.07, 6.45) is 17.8. The van der Waals surface area contributed by atoms with E-state index in [0.717, 1.165) is 43.9 Å². The molecule has 0 aromatic carbocycles. The Balaban J connectivity index is 0.00000231. The largest absolute Gasteiger partial charge is 0.462 e. The molecule has 0 radical (unpaired) electrons. The number of esters is 1. The predicted molar refractivity (Wildman–Crippen MR) is 118 cm³/mol. The van der Waals surface area contributed by atoms with Crippen LogP contribution < -0.4 is 0 Å². The molecule has 0 saturated heterocycles. The van der Waals surface area contributed by atoms with Gasteiger partial charge in [0.25, 0.3) is 0 Å². The molecule has 4 heteroatoms. The van der Waals surface area contributed by atoms with E-state index in [1.54, 1.807) is 0 Å². The minimum Gasteiger partial charge on any atom is -0.462 e. The molecule has 4 fully saturated rings. The summed E-state index contributed by atoms with van der Waals surface area (Å²) in [6, 6.07) is 0. The Labute approximate surface area is 202 Å². The first-order chi connectivity index (χ1) is 14.4. The van der Waals surface area contributed by atoms with Crippen molar-refractivity contribution in [1.82, 2.24) is 0 Å². The molecule has 0 unspecified atom stereocenters. The Hall–Kier alpha value is -0.432. The molecule has 172 valence electrons. The standard InChI is InChI=1S/C27H40O3.W/c1-26-15-13-20(28)17-19(26)8-9-21-22-10-11-24(27(22,2)16-14-23(21)26)30-25(29)12-7-18-5-3-4-6-18;/h17-18,21-24H,3-16H2,1-2H3;/t21-,22-,23-,24-,26-,27-;/m0./s1. The van der Waals surface area contributed by atoms with E-state index >= 15 is 0 Å². The fraction of sp³-hybridized carbons (Fsp3) is 0.852. The van der Waals surface area contributed by atoms with Crippen molar-refractivity contribution in [2.45, 2.75) is 110 Å². The molecule has 0 heterocycles. The van der Waals surface area contributed by atoms with Gasteiger partial charge in [0.05, 0.1) is 0 Å². The number of hydrogen-bond donors (Lipinski definition) is 0. The molecule has 0 amide bonds. The van der Waals surface area contributed by atoms with E-state index in [0.29, 0.717) is 24.0 Å². The van der Waals surface area contributed by atoms with E-state index in [4.69, 9.17) is 4.74 Å². The summed E-state index contributed by atoms with van der Waals surface area (Å²) in [5.41, 5.74) is 1.83. The third-order valence-corrected chi connectivity index (χ3v) is 10.4. The fourth-order valence-corrected chi connectivity index (χ4v) is 8.54. The van der Waals surface area contributed by atoms with Crippen LogP contribution in [0, 0.1) is 34.5 Å². The maximum absolute atomic E-state index is 12.7. The van der Waals surface area contributed by atoms with E-state index in [-0.39, 0.29) is 44.0 Å². The molecule has 0 aromatic heterocycles. The number of fused-ring (bicyclic) bond motifs is 5. The van der Waals surface area contributed by atoms with Gasteiger partial charge in [0, 0.05) is 39.3 Å². The van der Waals surface area contributed by atoms with Crippen molar-refractivity contribution in [1.29, 1.82) is 0 Å². The van der Waals surface area contributed by atoms with Gasteiger partial charge in [-0.1, -0.05) is 45.1 Å². The number of hydrogen-bond acceptors (Lipinski definition) is 3. The summed E-state index contributed by atoms with van der Waals surface area (Å²) in [5, 5.41) is 0. The molecule has 5 aliphatic rings. The zero-order chi connectivity index (χ0) is 20.9. The minimum absolute atomic E-state index is 0. The third kappa shape index (κ3) is 4.15. The van der Waals surface area contributed by atoms with Crippen LogP contribution in [0.15, 0.2) is 11.6 Å². The van der Waals surface area contributed by atoms with Gasteiger partial charge in [0.2, 0.25) is 0 Å². The van der Waals surface area contributed by atoms with Gasteiger partial charge in [-0.05, 0) is 86.5 Å². The van der Waals surface area contributed by atoms with Crippen LogP contribution >= 0.6 is 0 Å². The maximum atomic E-state index is 12.7. The van der Waals surface area contributed by atoms with Crippen LogP contribution in [0.1, 0.15) is 104 Å². The minimum atomic E-state index is 0. The van der Waals surface area contributed by atoms with Crippen molar-refractivity contribution < 1.29 is 35.4 Å². The Morgan fingerprint density at radius 1 is 1.00 bits per heavy atom. The van der Waals surface area contributed by atoms with Gasteiger partial charge in [-0.15, -0.1) is 0 Å². The van der Waals surface area contributed by atoms with Crippen LogP contribution in [0.2, 0.25) is 0 Å². The van der Waals surface area contributed by atoms with Gasteiger partial charge in [-0.25, -0.2) is 0 Å². The van der Waals surface area contributed by atoms with Crippen molar-refractivity contribution in [3.05, 3.63) is 11.6 Å². The van der Waals surface area contributed by atoms with Crippen LogP contribution in [0.5, 0.6) is 0 Å². The van der Waals surface area contributed by atoms with E-state index in [2.05, 4.69) is 13.8 Å². The van der Waals surface area contributed by atoms with Crippen molar-refractivity contribution in [2.24, 2.45) is 34.5 Å². The fourth-order valence-electron chi connectivity index (χ4n) is 8.54. The number of ketones is 1. The van der Waals surface area contributed by atoms with Crippen molar-refractivity contribution in [3.63, 3.8) is 0 Å². The molecular formula is C27H40O3W. The predicted octanol–water partition coefficient (Wildman–Crippen LogP) is 6.40. The number of rotatable bonds is 4. The van der Waals surface area contributed by atoms with E-state index in [1.807, 2.05) is 6.08 Å². The Morgan fingerprint density at radius 2 is 1.77 bits per heavy atom. The molecule has 4 saturated carbocycles. The van der Waals surface area contributed by atoms with Gasteiger partial charge in [-0.3, -0.25) is 9.59 Å². The summed E-state index contributed by atoms with van der Waals surface area (Å²) >= 11 is 0. The molecule has 5 rings (SSSR count). The van der Waals surface area contributed by atoms with Crippen molar-refractivity contribution in [2.75, 3.05) is 0 Å². The van der Waals surface area contributed by atoms with Crippen LogP contribution in [-0.4, -0.2) is 17.9 Å². The SMILES string of the molecule is C[C@]12CC[C@H]3[C@@H](CCC4=CC(=O)CC[C@@]43C)[C@@H]1CC[C@@H]2OC(=O)CCC1CCCC1.[W]. The second kappa shape index (κ2) is 9.07. The maximum Gasteiger partial charge on any atom is 0.306 e. The van der Waals surface area contributed by atoms with Crippen LogP contribution in [0.3, 0.4) is 0 Å². The van der Waals surface area contributed by atoms with Gasteiger partial charge < -0.3 is 4.74 Å². The van der Waals surface area contributed by atoms with Gasteiger partial charge in [0.15, 0.2) is 5.78 Å². The molecule has 0 aliphatic heterocycles. The number of carbonyl (C=O) groups excluding carboxylic acids is 2. The number of ether oxygens (including phenoxy) is 1. The topological polar surface area (TPSA) is 43.4 Å². The number of allylic oxidation sites excluding steroid dienone is 1. The third-order valence-electron chi connectivity index (χ3n) is 10.4. The monoisotopic (exact) mass is 596 g/mol. The molecule has 31 heavy (non-hydrogen) atoms. The molecule has 6 atom stereocenters. The smallest absolute Gasteiger partial charge is 0.306 e. The Bertz CT molecular complexity index is 739. The zero-order valence-electron chi connectivity index (χ0n) is 19.5. The van der Waals surface area contributed by atoms with Crippen LogP contribution in [-0.2, 0) is 35.4 Å². The molecule has 0 aromatic rings. The molecule has 5 aliphatic carbocycles. The van der Waals surface area contributed by atoms with Gasteiger partial charge in [0.1, 0.15) is 6.10 Å². The summed E-state index contributed by atoms with van der Waals surface area (Å²) in [5.74, 6) is 3.28. The second-order valence-corrected chi connectivity index (χ2v) is 11.8. The average Bonchev–Trinajstić information content (AvgIpc) is 3.35. The molecule has 0 spiro atoms. The molecule has 0 bridgehead atoms. The normalized spacial score (nSPS) is 42.1. The zero-order valence-corrected chi connectivity index (χ0v) is 22.4.